The Morgan fingerprint density at radius 2 is 2.28 bits per heavy atom. The Balaban J connectivity index is 2.07. The number of fused-ring (bicyclic) bond motifs is 1. The van der Waals surface area contributed by atoms with Crippen LogP contribution < -0.4 is 0 Å². The Morgan fingerprint density at radius 1 is 1.44 bits per heavy atom. The lowest BCUT2D eigenvalue weighted by Gasteiger charge is -2.14. The molecule has 2 aromatic rings. The van der Waals surface area contributed by atoms with Gasteiger partial charge in [-0.2, -0.15) is 0 Å². The summed E-state index contributed by atoms with van der Waals surface area (Å²) in [7, 11) is 0. The zero-order valence-electron chi connectivity index (χ0n) is 10.1. The van der Waals surface area contributed by atoms with Gasteiger partial charge in [-0.1, -0.05) is 28.1 Å². The van der Waals surface area contributed by atoms with Gasteiger partial charge in [-0.25, -0.2) is 4.98 Å². The molecule has 0 fully saturated rings. The average molecular weight is 324 g/mol. The van der Waals surface area contributed by atoms with Gasteiger partial charge >= 0.3 is 0 Å². The van der Waals surface area contributed by atoms with Crippen LogP contribution in [0.3, 0.4) is 0 Å². The maximum Gasteiger partial charge on any atom is 0.125 e. The van der Waals surface area contributed by atoms with Gasteiger partial charge in [0, 0.05) is 14.9 Å². The first kappa shape index (κ1) is 12.3. The molecule has 94 valence electrons. The Bertz CT molecular complexity index is 593. The second-order valence-electron chi connectivity index (χ2n) is 4.72. The SMILES string of the molecule is Cc1ccc(-c2nc3c(s2)CCCC3O)c(Br)c1. The fourth-order valence-corrected chi connectivity index (χ4v) is 4.31. The van der Waals surface area contributed by atoms with Crippen molar-refractivity contribution in [2.45, 2.75) is 32.3 Å². The van der Waals surface area contributed by atoms with Gasteiger partial charge in [-0.3, -0.25) is 0 Å². The first-order valence-electron chi connectivity index (χ1n) is 6.09. The van der Waals surface area contributed by atoms with Gasteiger partial charge in [0.1, 0.15) is 5.01 Å². The zero-order chi connectivity index (χ0) is 12.7. The van der Waals surface area contributed by atoms with E-state index in [0.717, 1.165) is 40.0 Å². The Morgan fingerprint density at radius 3 is 3.00 bits per heavy atom. The fraction of sp³-hybridized carbons (Fsp3) is 0.357. The largest absolute Gasteiger partial charge is 0.387 e. The number of thiazole rings is 1. The van der Waals surface area contributed by atoms with E-state index in [2.05, 4.69) is 46.0 Å². The first-order chi connectivity index (χ1) is 8.65. The van der Waals surface area contributed by atoms with Crippen LogP contribution >= 0.6 is 27.3 Å². The molecule has 0 aliphatic heterocycles. The third-order valence-corrected chi connectivity index (χ3v) is 5.10. The fourth-order valence-electron chi connectivity index (χ4n) is 2.30. The molecule has 1 aliphatic carbocycles. The van der Waals surface area contributed by atoms with Crippen molar-refractivity contribution in [2.24, 2.45) is 0 Å². The maximum absolute atomic E-state index is 9.97. The Kier molecular flexibility index (Phi) is 3.26. The molecular formula is C14H14BrNOS. The van der Waals surface area contributed by atoms with Crippen LogP contribution in [0.5, 0.6) is 0 Å². The smallest absolute Gasteiger partial charge is 0.125 e. The molecule has 18 heavy (non-hydrogen) atoms. The summed E-state index contributed by atoms with van der Waals surface area (Å²) in [4.78, 5) is 5.88. The first-order valence-corrected chi connectivity index (χ1v) is 7.70. The number of aromatic nitrogens is 1. The molecule has 1 aliphatic rings. The Labute approximate surface area is 119 Å². The highest BCUT2D eigenvalue weighted by Crippen LogP contribution is 2.39. The van der Waals surface area contributed by atoms with Crippen molar-refractivity contribution in [2.75, 3.05) is 0 Å². The predicted octanol–water partition coefficient (Wildman–Crippen LogP) is 4.25. The highest BCUT2D eigenvalue weighted by Gasteiger charge is 2.23. The number of hydrogen-bond acceptors (Lipinski definition) is 3. The van der Waals surface area contributed by atoms with Gasteiger partial charge < -0.3 is 5.11 Å². The minimum absolute atomic E-state index is 0.372. The van der Waals surface area contributed by atoms with E-state index < -0.39 is 0 Å². The van der Waals surface area contributed by atoms with Crippen LogP contribution in [0.15, 0.2) is 22.7 Å². The van der Waals surface area contributed by atoms with E-state index >= 15 is 0 Å². The summed E-state index contributed by atoms with van der Waals surface area (Å²) < 4.78 is 1.07. The molecule has 1 heterocycles. The Hall–Kier alpha value is -0.710. The van der Waals surface area contributed by atoms with Crippen molar-refractivity contribution < 1.29 is 5.11 Å². The molecule has 1 aromatic heterocycles. The van der Waals surface area contributed by atoms with Gasteiger partial charge in [0.2, 0.25) is 0 Å². The number of aliphatic hydroxyl groups is 1. The molecule has 2 nitrogen and oxygen atoms in total. The lowest BCUT2D eigenvalue weighted by atomic mass is 10.0. The maximum atomic E-state index is 9.97. The van der Waals surface area contributed by atoms with Crippen LogP contribution in [0.1, 0.15) is 35.1 Å². The molecule has 0 bridgehead atoms. The summed E-state index contributed by atoms with van der Waals surface area (Å²) in [5.41, 5.74) is 3.24. The molecule has 3 rings (SSSR count). The number of nitrogens with zero attached hydrogens (tertiary/aromatic N) is 1. The third-order valence-electron chi connectivity index (χ3n) is 3.28. The van der Waals surface area contributed by atoms with Gasteiger partial charge in [0.15, 0.2) is 0 Å². The van der Waals surface area contributed by atoms with Gasteiger partial charge in [-0.15, -0.1) is 11.3 Å². The van der Waals surface area contributed by atoms with Crippen molar-refractivity contribution >= 4 is 27.3 Å². The lowest BCUT2D eigenvalue weighted by Crippen LogP contribution is -2.07. The van der Waals surface area contributed by atoms with E-state index in [1.165, 1.54) is 10.4 Å². The van der Waals surface area contributed by atoms with E-state index in [9.17, 15) is 5.11 Å². The summed E-state index contributed by atoms with van der Waals surface area (Å²) in [6.07, 6.45) is 2.58. The number of halogens is 1. The molecule has 0 saturated heterocycles. The van der Waals surface area contributed by atoms with Gasteiger partial charge in [-0.05, 0) is 37.8 Å². The summed E-state index contributed by atoms with van der Waals surface area (Å²) >= 11 is 5.31. The van der Waals surface area contributed by atoms with E-state index in [0.29, 0.717) is 0 Å². The van der Waals surface area contributed by atoms with Crippen LogP contribution in [-0.2, 0) is 6.42 Å². The van der Waals surface area contributed by atoms with Crippen LogP contribution in [0.25, 0.3) is 10.6 Å². The van der Waals surface area contributed by atoms with Crippen molar-refractivity contribution in [3.05, 3.63) is 38.8 Å². The van der Waals surface area contributed by atoms with E-state index in [1.807, 2.05) is 0 Å². The number of hydrogen-bond donors (Lipinski definition) is 1. The number of aryl methyl sites for hydroxylation is 2. The molecule has 0 amide bonds. The molecule has 1 atom stereocenters. The highest BCUT2D eigenvalue weighted by atomic mass is 79.9. The van der Waals surface area contributed by atoms with E-state index in [-0.39, 0.29) is 6.10 Å². The standard InChI is InChI=1S/C14H14BrNOS/c1-8-5-6-9(10(15)7-8)14-16-13-11(17)3-2-4-12(13)18-14/h5-7,11,17H,2-4H2,1H3. The summed E-state index contributed by atoms with van der Waals surface area (Å²) in [6, 6.07) is 6.29. The lowest BCUT2D eigenvalue weighted by molar-refractivity contribution is 0.153. The normalized spacial score (nSPS) is 18.7. The number of benzene rings is 1. The zero-order valence-corrected chi connectivity index (χ0v) is 12.5. The number of rotatable bonds is 1. The molecule has 0 saturated carbocycles. The van der Waals surface area contributed by atoms with Crippen molar-refractivity contribution in [3.8, 4) is 10.6 Å². The van der Waals surface area contributed by atoms with Crippen LogP contribution in [0.4, 0.5) is 0 Å². The summed E-state index contributed by atoms with van der Waals surface area (Å²) in [5, 5.41) is 11.0. The molecule has 1 aromatic carbocycles. The molecule has 0 spiro atoms. The third kappa shape index (κ3) is 2.13. The molecule has 1 unspecified atom stereocenters. The quantitative estimate of drug-likeness (QED) is 0.851. The minimum atomic E-state index is -0.372. The topological polar surface area (TPSA) is 33.1 Å². The van der Waals surface area contributed by atoms with Crippen LogP contribution in [0, 0.1) is 6.92 Å². The van der Waals surface area contributed by atoms with Crippen LogP contribution in [-0.4, -0.2) is 10.1 Å². The van der Waals surface area contributed by atoms with Gasteiger partial charge in [0.05, 0.1) is 11.8 Å². The second-order valence-corrected chi connectivity index (χ2v) is 6.66. The van der Waals surface area contributed by atoms with E-state index in [4.69, 9.17) is 0 Å². The second kappa shape index (κ2) is 4.76. The van der Waals surface area contributed by atoms with Crippen LogP contribution in [0.2, 0.25) is 0 Å². The molecule has 0 radical (unpaired) electrons. The summed E-state index contributed by atoms with van der Waals surface area (Å²) in [6.45, 7) is 2.07. The molecule has 1 N–H and O–H groups in total. The number of aliphatic hydroxyl groups excluding tert-OH is 1. The summed E-state index contributed by atoms with van der Waals surface area (Å²) in [5.74, 6) is 0. The molecule has 4 heteroatoms. The van der Waals surface area contributed by atoms with Crippen molar-refractivity contribution in [1.82, 2.24) is 4.98 Å². The highest BCUT2D eigenvalue weighted by molar-refractivity contribution is 9.10. The molecular weight excluding hydrogens is 310 g/mol. The van der Waals surface area contributed by atoms with Crippen molar-refractivity contribution in [3.63, 3.8) is 0 Å². The van der Waals surface area contributed by atoms with Crippen molar-refractivity contribution in [1.29, 1.82) is 0 Å². The predicted molar refractivity (Wildman–Crippen MR) is 77.9 cm³/mol. The monoisotopic (exact) mass is 323 g/mol. The average Bonchev–Trinajstić information content (AvgIpc) is 2.74. The minimum Gasteiger partial charge on any atom is -0.387 e. The van der Waals surface area contributed by atoms with Gasteiger partial charge in [0.25, 0.3) is 0 Å². The van der Waals surface area contributed by atoms with E-state index in [1.54, 1.807) is 11.3 Å².